The van der Waals surface area contributed by atoms with Crippen LogP contribution in [0.15, 0.2) is 47.6 Å². The average Bonchev–Trinajstić information content (AvgIpc) is 2.91. The third kappa shape index (κ3) is 4.25. The topological polar surface area (TPSA) is 57.8 Å². The fraction of sp³-hybridized carbons (Fsp3) is 0.231. The molecule has 4 nitrogen and oxygen atoms in total. The zero-order valence-corrected chi connectivity index (χ0v) is 10.7. The van der Waals surface area contributed by atoms with Gasteiger partial charge in [-0.1, -0.05) is 18.2 Å². The van der Waals surface area contributed by atoms with Gasteiger partial charge in [0.05, 0.1) is 5.75 Å². The number of carbonyl (C=O) groups is 1. The molecule has 0 aliphatic heterocycles. The van der Waals surface area contributed by atoms with Crippen LogP contribution >= 0.6 is 11.8 Å². The molecule has 0 saturated carbocycles. The number of aromatic amines is 1. The van der Waals surface area contributed by atoms with Crippen molar-refractivity contribution in [3.63, 3.8) is 0 Å². The minimum absolute atomic E-state index is 0.0513. The Morgan fingerprint density at radius 2 is 2.17 bits per heavy atom. The molecule has 1 heterocycles. The highest BCUT2D eigenvalue weighted by Gasteiger charge is 2.02. The minimum atomic E-state index is 0.0513. The molecule has 1 aromatic heterocycles. The number of amides is 1. The summed E-state index contributed by atoms with van der Waals surface area (Å²) < 4.78 is 0. The minimum Gasteiger partial charge on any atom is -0.355 e. The van der Waals surface area contributed by atoms with E-state index >= 15 is 0 Å². The maximum Gasteiger partial charge on any atom is 0.230 e. The number of nitrogens with zero attached hydrogens (tertiary/aromatic N) is 1. The summed E-state index contributed by atoms with van der Waals surface area (Å²) in [5.41, 5.74) is 0. The van der Waals surface area contributed by atoms with Crippen molar-refractivity contribution in [3.05, 3.63) is 48.5 Å². The number of imidazole rings is 1. The van der Waals surface area contributed by atoms with E-state index in [1.807, 2.05) is 30.3 Å². The lowest BCUT2D eigenvalue weighted by atomic mass is 10.4. The van der Waals surface area contributed by atoms with Gasteiger partial charge in [0.2, 0.25) is 5.91 Å². The summed E-state index contributed by atoms with van der Waals surface area (Å²) in [7, 11) is 0. The summed E-state index contributed by atoms with van der Waals surface area (Å²) in [5.74, 6) is 1.39. The highest BCUT2D eigenvalue weighted by Crippen LogP contribution is 2.15. The second-order valence-corrected chi connectivity index (χ2v) is 4.79. The van der Waals surface area contributed by atoms with Gasteiger partial charge in [-0.3, -0.25) is 4.79 Å². The van der Waals surface area contributed by atoms with E-state index in [4.69, 9.17) is 0 Å². The summed E-state index contributed by atoms with van der Waals surface area (Å²) in [5, 5.41) is 2.87. The summed E-state index contributed by atoms with van der Waals surface area (Å²) >= 11 is 1.54. The fourth-order valence-corrected chi connectivity index (χ4v) is 2.22. The van der Waals surface area contributed by atoms with E-state index in [1.54, 1.807) is 24.2 Å². The van der Waals surface area contributed by atoms with Crippen LogP contribution in [-0.4, -0.2) is 28.2 Å². The Labute approximate surface area is 110 Å². The smallest absolute Gasteiger partial charge is 0.230 e. The number of H-pyrrole nitrogens is 1. The molecule has 1 aromatic carbocycles. The number of rotatable bonds is 6. The molecule has 2 N–H and O–H groups in total. The van der Waals surface area contributed by atoms with Crippen molar-refractivity contribution < 1.29 is 4.79 Å². The van der Waals surface area contributed by atoms with E-state index in [0.717, 1.165) is 17.1 Å². The zero-order chi connectivity index (χ0) is 12.6. The molecule has 5 heteroatoms. The molecule has 18 heavy (non-hydrogen) atoms. The third-order valence-electron chi connectivity index (χ3n) is 2.35. The molecule has 2 rings (SSSR count). The van der Waals surface area contributed by atoms with Crippen molar-refractivity contribution in [1.82, 2.24) is 15.3 Å². The number of nitrogens with one attached hydrogen (secondary N) is 2. The van der Waals surface area contributed by atoms with Crippen molar-refractivity contribution >= 4 is 17.7 Å². The Bertz CT molecular complexity index is 470. The van der Waals surface area contributed by atoms with Crippen LogP contribution in [0.25, 0.3) is 0 Å². The van der Waals surface area contributed by atoms with Crippen LogP contribution in [-0.2, 0) is 11.2 Å². The Morgan fingerprint density at radius 1 is 1.33 bits per heavy atom. The van der Waals surface area contributed by atoms with E-state index < -0.39 is 0 Å². The molecular weight excluding hydrogens is 246 g/mol. The molecule has 0 spiro atoms. The van der Waals surface area contributed by atoms with Gasteiger partial charge >= 0.3 is 0 Å². The number of aromatic nitrogens is 2. The van der Waals surface area contributed by atoms with Gasteiger partial charge in [0.15, 0.2) is 0 Å². The van der Waals surface area contributed by atoms with Crippen LogP contribution in [0, 0.1) is 0 Å². The number of benzene rings is 1. The zero-order valence-electron chi connectivity index (χ0n) is 9.93. The average molecular weight is 261 g/mol. The molecule has 0 bridgehead atoms. The van der Waals surface area contributed by atoms with Crippen molar-refractivity contribution in [3.8, 4) is 0 Å². The lowest BCUT2D eigenvalue weighted by Gasteiger charge is -2.04. The monoisotopic (exact) mass is 261 g/mol. The number of hydrogen-bond acceptors (Lipinski definition) is 3. The molecule has 2 aromatic rings. The SMILES string of the molecule is O=C(CSc1ccccc1)NCCc1ncc[nH]1. The number of hydrogen-bond donors (Lipinski definition) is 2. The number of thioether (sulfide) groups is 1. The predicted molar refractivity (Wildman–Crippen MR) is 72.5 cm³/mol. The Hall–Kier alpha value is -1.75. The summed E-state index contributed by atoms with van der Waals surface area (Å²) in [6, 6.07) is 9.91. The predicted octanol–water partition coefficient (Wildman–Crippen LogP) is 1.86. The van der Waals surface area contributed by atoms with Crippen LogP contribution < -0.4 is 5.32 Å². The first-order valence-corrected chi connectivity index (χ1v) is 6.76. The van der Waals surface area contributed by atoms with Crippen molar-refractivity contribution in [2.75, 3.05) is 12.3 Å². The van der Waals surface area contributed by atoms with Gasteiger partial charge in [0, 0.05) is 30.3 Å². The third-order valence-corrected chi connectivity index (χ3v) is 3.36. The van der Waals surface area contributed by atoms with E-state index in [2.05, 4.69) is 15.3 Å². The van der Waals surface area contributed by atoms with Gasteiger partial charge in [-0.25, -0.2) is 4.98 Å². The lowest BCUT2D eigenvalue weighted by Crippen LogP contribution is -2.27. The molecule has 0 unspecified atom stereocenters. The fourth-order valence-electron chi connectivity index (χ4n) is 1.47. The van der Waals surface area contributed by atoms with Crippen LogP contribution in [0.1, 0.15) is 5.82 Å². The maximum absolute atomic E-state index is 11.6. The van der Waals surface area contributed by atoms with Crippen LogP contribution in [0.3, 0.4) is 0 Å². The second-order valence-electron chi connectivity index (χ2n) is 3.74. The molecule has 94 valence electrons. The van der Waals surface area contributed by atoms with Gasteiger partial charge in [0.25, 0.3) is 0 Å². The quantitative estimate of drug-likeness (QED) is 0.780. The molecule has 0 saturated heterocycles. The summed E-state index contributed by atoms with van der Waals surface area (Å²) in [4.78, 5) is 19.8. The molecule has 1 amide bonds. The number of carbonyl (C=O) groups excluding carboxylic acids is 1. The van der Waals surface area contributed by atoms with Crippen LogP contribution in [0.5, 0.6) is 0 Å². The van der Waals surface area contributed by atoms with E-state index in [1.165, 1.54) is 0 Å². The van der Waals surface area contributed by atoms with E-state index in [-0.39, 0.29) is 5.91 Å². The van der Waals surface area contributed by atoms with Gasteiger partial charge < -0.3 is 10.3 Å². The van der Waals surface area contributed by atoms with Gasteiger partial charge in [-0.15, -0.1) is 11.8 Å². The first-order valence-electron chi connectivity index (χ1n) is 5.77. The highest BCUT2D eigenvalue weighted by molar-refractivity contribution is 8.00. The normalized spacial score (nSPS) is 10.2. The standard InChI is InChI=1S/C13H15N3OS/c17-13(10-18-11-4-2-1-3-5-11)16-7-6-12-14-8-9-15-12/h1-5,8-9H,6-7,10H2,(H,14,15)(H,16,17). The van der Waals surface area contributed by atoms with Gasteiger partial charge in [-0.05, 0) is 12.1 Å². The Morgan fingerprint density at radius 3 is 2.89 bits per heavy atom. The first kappa shape index (κ1) is 12.7. The van der Waals surface area contributed by atoms with E-state index in [0.29, 0.717) is 12.3 Å². The maximum atomic E-state index is 11.6. The van der Waals surface area contributed by atoms with Crippen LogP contribution in [0.2, 0.25) is 0 Å². The molecular formula is C13H15N3OS. The lowest BCUT2D eigenvalue weighted by molar-refractivity contribution is -0.118. The van der Waals surface area contributed by atoms with Crippen molar-refractivity contribution in [2.45, 2.75) is 11.3 Å². The van der Waals surface area contributed by atoms with Gasteiger partial charge in [0.1, 0.15) is 5.82 Å². The molecule has 0 aliphatic carbocycles. The molecule has 0 fully saturated rings. The second kappa shape index (κ2) is 6.86. The van der Waals surface area contributed by atoms with Gasteiger partial charge in [-0.2, -0.15) is 0 Å². The first-order chi connectivity index (χ1) is 8.84. The molecule has 0 atom stereocenters. The van der Waals surface area contributed by atoms with Crippen molar-refractivity contribution in [1.29, 1.82) is 0 Å². The van der Waals surface area contributed by atoms with Crippen LogP contribution in [0.4, 0.5) is 0 Å². The Kier molecular flexibility index (Phi) is 4.84. The largest absolute Gasteiger partial charge is 0.355 e. The molecule has 0 radical (unpaired) electrons. The Balaban J connectivity index is 1.63. The molecule has 0 aliphatic rings. The summed E-state index contributed by atoms with van der Waals surface area (Å²) in [6.45, 7) is 0.613. The van der Waals surface area contributed by atoms with Crippen molar-refractivity contribution in [2.24, 2.45) is 0 Å². The summed E-state index contributed by atoms with van der Waals surface area (Å²) in [6.07, 6.45) is 4.22. The highest BCUT2D eigenvalue weighted by atomic mass is 32.2. The van der Waals surface area contributed by atoms with E-state index in [9.17, 15) is 4.79 Å².